The van der Waals surface area contributed by atoms with E-state index in [1.807, 2.05) is 37.3 Å². The second kappa shape index (κ2) is 8.17. The van der Waals surface area contributed by atoms with Gasteiger partial charge in [0.05, 0.1) is 6.04 Å². The van der Waals surface area contributed by atoms with Crippen molar-refractivity contribution in [2.75, 3.05) is 10.6 Å². The summed E-state index contributed by atoms with van der Waals surface area (Å²) >= 11 is 11.9. The molecule has 0 spiro atoms. The Morgan fingerprint density at radius 1 is 1.04 bits per heavy atom. The first-order chi connectivity index (χ1) is 12.5. The third kappa shape index (κ3) is 4.71. The molecule has 1 heterocycles. The molecule has 2 aromatic carbocycles. The Morgan fingerprint density at radius 3 is 2.42 bits per heavy atom. The highest BCUT2D eigenvalue weighted by molar-refractivity contribution is 6.35. The number of hydrogen-bond donors (Lipinski definition) is 2. The lowest BCUT2D eigenvalue weighted by Crippen LogP contribution is -2.16. The van der Waals surface area contributed by atoms with Crippen LogP contribution in [-0.4, -0.2) is 15.9 Å². The van der Waals surface area contributed by atoms with Crippen molar-refractivity contribution in [2.24, 2.45) is 0 Å². The zero-order valence-corrected chi connectivity index (χ0v) is 15.4. The van der Waals surface area contributed by atoms with Crippen LogP contribution in [0.15, 0.2) is 60.8 Å². The first kappa shape index (κ1) is 18.2. The Morgan fingerprint density at radius 2 is 1.73 bits per heavy atom. The van der Waals surface area contributed by atoms with Crippen molar-refractivity contribution < 1.29 is 4.79 Å². The number of hydrogen-bond acceptors (Lipinski definition) is 4. The fraction of sp³-hybridized carbons (Fsp3) is 0.105. The van der Waals surface area contributed by atoms with E-state index in [-0.39, 0.29) is 17.6 Å². The molecule has 26 heavy (non-hydrogen) atoms. The summed E-state index contributed by atoms with van der Waals surface area (Å²) in [7, 11) is 0. The number of nitrogens with one attached hydrogen (secondary N) is 2. The summed E-state index contributed by atoms with van der Waals surface area (Å²) in [6.45, 7) is 2.00. The first-order valence-corrected chi connectivity index (χ1v) is 8.69. The molecule has 2 N–H and O–H groups in total. The van der Waals surface area contributed by atoms with Crippen LogP contribution in [0.2, 0.25) is 10.0 Å². The highest BCUT2D eigenvalue weighted by Crippen LogP contribution is 2.23. The third-order valence-electron chi connectivity index (χ3n) is 3.65. The van der Waals surface area contributed by atoms with Crippen molar-refractivity contribution in [1.82, 2.24) is 9.97 Å². The molecule has 5 nitrogen and oxygen atoms in total. The average molecular weight is 387 g/mol. The van der Waals surface area contributed by atoms with E-state index in [4.69, 9.17) is 23.2 Å². The molecule has 0 saturated heterocycles. The summed E-state index contributed by atoms with van der Waals surface area (Å²) in [5, 5.41) is 6.80. The van der Waals surface area contributed by atoms with Crippen LogP contribution in [0.25, 0.3) is 0 Å². The Labute approximate surface area is 161 Å². The highest BCUT2D eigenvalue weighted by Gasteiger charge is 2.12. The van der Waals surface area contributed by atoms with E-state index in [0.717, 1.165) is 5.56 Å². The maximum absolute atomic E-state index is 12.4. The van der Waals surface area contributed by atoms with Gasteiger partial charge in [0.25, 0.3) is 5.91 Å². The molecule has 0 aliphatic carbocycles. The molecule has 1 atom stereocenters. The van der Waals surface area contributed by atoms with Gasteiger partial charge in [0.2, 0.25) is 5.95 Å². The number of nitrogens with zero attached hydrogens (tertiary/aromatic N) is 2. The topological polar surface area (TPSA) is 66.9 Å². The Balaban J connectivity index is 1.73. The van der Waals surface area contributed by atoms with E-state index in [9.17, 15) is 4.79 Å². The molecule has 3 aromatic rings. The van der Waals surface area contributed by atoms with E-state index in [0.29, 0.717) is 21.7 Å². The minimum atomic E-state index is -0.374. The van der Waals surface area contributed by atoms with Gasteiger partial charge in [0, 0.05) is 21.9 Å². The Bertz CT molecular complexity index is 898. The van der Waals surface area contributed by atoms with Gasteiger partial charge in [0.15, 0.2) is 0 Å². The van der Waals surface area contributed by atoms with Crippen LogP contribution in [0.4, 0.5) is 11.6 Å². The van der Waals surface area contributed by atoms with Crippen molar-refractivity contribution in [3.8, 4) is 0 Å². The zero-order valence-electron chi connectivity index (χ0n) is 13.9. The van der Waals surface area contributed by atoms with Crippen LogP contribution in [0.3, 0.4) is 0 Å². The lowest BCUT2D eigenvalue weighted by atomic mass is 10.1. The molecule has 1 amide bonds. The van der Waals surface area contributed by atoms with Crippen LogP contribution in [0.5, 0.6) is 0 Å². The summed E-state index contributed by atoms with van der Waals surface area (Å²) in [6.07, 6.45) is 1.53. The van der Waals surface area contributed by atoms with E-state index < -0.39 is 0 Å². The van der Waals surface area contributed by atoms with Crippen LogP contribution in [0, 0.1) is 0 Å². The summed E-state index contributed by atoms with van der Waals surface area (Å²) < 4.78 is 0. The van der Waals surface area contributed by atoms with Gasteiger partial charge >= 0.3 is 0 Å². The molecule has 0 fully saturated rings. The van der Waals surface area contributed by atoms with Crippen LogP contribution in [-0.2, 0) is 0 Å². The summed E-state index contributed by atoms with van der Waals surface area (Å²) in [4.78, 5) is 20.9. The number of amides is 1. The molecule has 132 valence electrons. The zero-order chi connectivity index (χ0) is 18.5. The monoisotopic (exact) mass is 386 g/mol. The number of rotatable bonds is 5. The predicted molar refractivity (Wildman–Crippen MR) is 105 cm³/mol. The van der Waals surface area contributed by atoms with Crippen LogP contribution >= 0.6 is 23.2 Å². The number of carbonyl (C=O) groups excluding carboxylic acids is 1. The number of aromatic nitrogens is 2. The molecule has 1 aromatic heterocycles. The first-order valence-electron chi connectivity index (χ1n) is 7.93. The maximum atomic E-state index is 12.4. The Hall–Kier alpha value is -2.63. The molecule has 0 aliphatic heterocycles. The average Bonchev–Trinajstić information content (AvgIpc) is 2.62. The number of carbonyl (C=O) groups is 1. The molecule has 1 unspecified atom stereocenters. The summed E-state index contributed by atoms with van der Waals surface area (Å²) in [5.41, 5.74) is 1.83. The van der Waals surface area contributed by atoms with Crippen molar-refractivity contribution in [2.45, 2.75) is 13.0 Å². The van der Waals surface area contributed by atoms with E-state index in [1.54, 1.807) is 24.3 Å². The van der Waals surface area contributed by atoms with Gasteiger partial charge in [0.1, 0.15) is 5.69 Å². The normalized spacial score (nSPS) is 11.7. The fourth-order valence-electron chi connectivity index (χ4n) is 2.39. The Kier molecular flexibility index (Phi) is 5.71. The van der Waals surface area contributed by atoms with Gasteiger partial charge in [-0.2, -0.15) is 0 Å². The smallest absolute Gasteiger partial charge is 0.274 e. The highest BCUT2D eigenvalue weighted by atomic mass is 35.5. The van der Waals surface area contributed by atoms with Gasteiger partial charge in [-0.3, -0.25) is 4.79 Å². The largest absolute Gasteiger partial charge is 0.348 e. The lowest BCUT2D eigenvalue weighted by Gasteiger charge is -2.14. The van der Waals surface area contributed by atoms with E-state index >= 15 is 0 Å². The van der Waals surface area contributed by atoms with Gasteiger partial charge in [-0.25, -0.2) is 9.97 Å². The minimum absolute atomic E-state index is 0.00116. The molecule has 3 rings (SSSR count). The number of benzene rings is 2. The van der Waals surface area contributed by atoms with Gasteiger partial charge < -0.3 is 10.6 Å². The molecular formula is C19H16Cl2N4O. The van der Waals surface area contributed by atoms with Crippen molar-refractivity contribution in [1.29, 1.82) is 0 Å². The molecular weight excluding hydrogens is 371 g/mol. The van der Waals surface area contributed by atoms with Crippen molar-refractivity contribution in [3.63, 3.8) is 0 Å². The van der Waals surface area contributed by atoms with Crippen molar-refractivity contribution in [3.05, 3.63) is 82.1 Å². The molecule has 0 aliphatic rings. The van der Waals surface area contributed by atoms with Gasteiger partial charge in [-0.1, -0.05) is 53.5 Å². The summed E-state index contributed by atoms with van der Waals surface area (Å²) in [6, 6.07) is 16.3. The molecule has 0 saturated carbocycles. The van der Waals surface area contributed by atoms with Gasteiger partial charge in [-0.15, -0.1) is 0 Å². The third-order valence-corrected chi connectivity index (χ3v) is 4.09. The SMILES string of the molecule is CC(Nc1nccc(C(=O)Nc2cc(Cl)cc(Cl)c2)n1)c1ccccc1. The number of halogens is 2. The molecule has 7 heteroatoms. The second-order valence-electron chi connectivity index (χ2n) is 5.65. The molecule has 0 bridgehead atoms. The van der Waals surface area contributed by atoms with E-state index in [2.05, 4.69) is 20.6 Å². The van der Waals surface area contributed by atoms with Gasteiger partial charge in [-0.05, 0) is 36.8 Å². The summed E-state index contributed by atoms with van der Waals surface area (Å²) in [5.74, 6) is -0.000669. The standard InChI is InChI=1S/C19H16Cl2N4O/c1-12(13-5-3-2-4-6-13)23-19-22-8-7-17(25-19)18(26)24-16-10-14(20)9-15(21)11-16/h2-12H,1H3,(H,24,26)(H,22,23,25). The van der Waals surface area contributed by atoms with Crippen molar-refractivity contribution >= 4 is 40.7 Å². The van der Waals surface area contributed by atoms with E-state index in [1.165, 1.54) is 6.20 Å². The minimum Gasteiger partial charge on any atom is -0.348 e. The predicted octanol–water partition coefficient (Wildman–Crippen LogP) is 5.21. The lowest BCUT2D eigenvalue weighted by molar-refractivity contribution is 0.102. The maximum Gasteiger partial charge on any atom is 0.274 e. The second-order valence-corrected chi connectivity index (χ2v) is 6.53. The van der Waals surface area contributed by atoms with Crippen LogP contribution in [0.1, 0.15) is 29.0 Å². The van der Waals surface area contributed by atoms with Crippen LogP contribution < -0.4 is 10.6 Å². The number of anilines is 2. The quantitative estimate of drug-likeness (QED) is 0.631. The fourth-order valence-corrected chi connectivity index (χ4v) is 2.92. The molecule has 0 radical (unpaired) electrons.